The van der Waals surface area contributed by atoms with E-state index in [4.69, 9.17) is 18.4 Å². The topological polar surface area (TPSA) is 182 Å². The molecule has 0 spiro atoms. The first kappa shape index (κ1) is 59.0. The van der Waals surface area contributed by atoms with Gasteiger partial charge in [-0.15, -0.1) is 4.33 Å². The van der Waals surface area contributed by atoms with E-state index in [9.17, 15) is 29.9 Å². The molecular formula is C50H78NNaO12S. The van der Waals surface area contributed by atoms with Crippen LogP contribution >= 0.6 is 12.3 Å². The Kier molecular flexibility index (Phi) is 35.3. The predicted octanol–water partition coefficient (Wildman–Crippen LogP) is 6.44. The first-order valence-electron chi connectivity index (χ1n) is 24.3. The van der Waals surface area contributed by atoms with E-state index >= 15 is 0 Å². The van der Waals surface area contributed by atoms with Gasteiger partial charge in [-0.1, -0.05) is 170 Å². The van der Waals surface area contributed by atoms with E-state index in [2.05, 4.69) is 58.0 Å². The van der Waals surface area contributed by atoms with Crippen LogP contribution in [0.1, 0.15) is 179 Å². The first-order valence-corrected chi connectivity index (χ1v) is 25.0. The zero-order chi connectivity index (χ0) is 45.9. The van der Waals surface area contributed by atoms with Crippen LogP contribution in [0.15, 0.2) is 60.7 Å². The van der Waals surface area contributed by atoms with E-state index < -0.39 is 55.2 Å². The molecule has 1 aliphatic rings. The number of hydrogen-bond acceptors (Lipinski definition) is 13. The van der Waals surface area contributed by atoms with Crippen LogP contribution in [0.4, 0.5) is 0 Å². The van der Waals surface area contributed by atoms with E-state index in [-0.39, 0.29) is 67.1 Å². The molecule has 65 heavy (non-hydrogen) atoms. The van der Waals surface area contributed by atoms with Crippen LogP contribution in [0, 0.1) is 0 Å². The van der Waals surface area contributed by atoms with E-state index in [1.807, 2.05) is 24.3 Å². The van der Waals surface area contributed by atoms with Gasteiger partial charge in [-0.25, -0.2) is 0 Å². The number of amides is 1. The van der Waals surface area contributed by atoms with Gasteiger partial charge in [0.2, 0.25) is 5.91 Å². The molecule has 1 saturated heterocycles. The summed E-state index contributed by atoms with van der Waals surface area (Å²) < 4.78 is 27.2. The Balaban J connectivity index is 0.0000145. The molecule has 0 radical (unpaired) electrons. The summed E-state index contributed by atoms with van der Waals surface area (Å²) in [5, 5.41) is 37.9. The largest absolute Gasteiger partial charge is 1.00 e. The quantitative estimate of drug-likeness (QED) is 0.0167. The van der Waals surface area contributed by atoms with E-state index in [0.717, 1.165) is 103 Å². The maximum absolute atomic E-state index is 13.7. The molecule has 0 saturated carbocycles. The molecule has 362 valence electrons. The third-order valence-electron chi connectivity index (χ3n) is 11.9. The van der Waals surface area contributed by atoms with Crippen molar-refractivity contribution in [2.24, 2.45) is 0 Å². The van der Waals surface area contributed by atoms with Gasteiger partial charge in [0.1, 0.15) is 24.4 Å². The Hall–Kier alpha value is -2.08. The van der Waals surface area contributed by atoms with Gasteiger partial charge in [0.15, 0.2) is 24.7 Å². The number of carbonyl (C=O) groups is 3. The third kappa shape index (κ3) is 27.5. The first-order chi connectivity index (χ1) is 31.3. The summed E-state index contributed by atoms with van der Waals surface area (Å²) in [6.07, 6.45) is 18.2. The average Bonchev–Trinajstić information content (AvgIpc) is 3.30. The molecule has 2 aromatic rings. The number of esters is 2. The average molecular weight is 940 g/mol. The Morgan fingerprint density at radius 2 is 1.18 bits per heavy atom. The third-order valence-corrected chi connectivity index (χ3v) is 12.3. The Bertz CT molecular complexity index is 1480. The summed E-state index contributed by atoms with van der Waals surface area (Å²) in [5.41, 5.74) is 2.68. The van der Waals surface area contributed by atoms with Gasteiger partial charge >= 0.3 is 41.5 Å². The fraction of sp³-hybridized carbons (Fsp3) is 0.700. The van der Waals surface area contributed by atoms with E-state index in [1.54, 1.807) is 0 Å². The maximum Gasteiger partial charge on any atom is 1.00 e. The van der Waals surface area contributed by atoms with Crippen molar-refractivity contribution >= 4 is 30.2 Å². The Morgan fingerprint density at radius 1 is 0.692 bits per heavy atom. The second-order valence-electron chi connectivity index (χ2n) is 17.2. The van der Waals surface area contributed by atoms with Crippen LogP contribution < -0.4 is 40.1 Å². The van der Waals surface area contributed by atoms with Crippen molar-refractivity contribution in [1.82, 2.24) is 5.32 Å². The molecule has 1 aliphatic heterocycles. The van der Waals surface area contributed by atoms with Crippen molar-refractivity contribution in [2.45, 2.75) is 217 Å². The number of aryl methyl sites for hydroxylation is 2. The molecule has 0 aliphatic carbocycles. The number of ether oxygens (including phenoxy) is 3. The van der Waals surface area contributed by atoms with E-state index in [1.165, 1.54) is 43.2 Å². The zero-order valence-corrected chi connectivity index (χ0v) is 42.2. The normalized spacial score (nSPS) is 18.7. The number of aliphatic hydroxyl groups is 2. The maximum atomic E-state index is 13.7. The number of nitrogens with one attached hydrogen (secondary N) is 1. The molecule has 13 nitrogen and oxygen atoms in total. The standard InChI is InChI=1S/C50H79NO12S.Na/c1-2-3-4-5-6-7-8-15-26-35-42(58-45(54)36-27-16-11-9-13-20-29-40-31-22-18-23-32-40)38-44(53)51-47-49(48(61-64-63-62-57)43(39-52)59-50(47)56)60-46(55)37-28-17-12-10-14-21-30-41-33-24-19-25-34-41;/h18-19,22-25,31-34,42-43,47-50,52,56-57H,2-17,20-21,26-30,35-39H2,1H3,(H,51,53);/q;+1/p-1/t42-,43-,47-,48-,49-,50?;/m1./s1. The molecular weight excluding hydrogens is 862 g/mol. The van der Waals surface area contributed by atoms with Crippen molar-refractivity contribution in [1.29, 1.82) is 0 Å². The van der Waals surface area contributed by atoms with Gasteiger partial charge in [0.25, 0.3) is 0 Å². The molecule has 3 N–H and O–H groups in total. The second kappa shape index (κ2) is 38.8. The van der Waals surface area contributed by atoms with Crippen molar-refractivity contribution in [3.63, 3.8) is 0 Å². The molecule has 0 aromatic heterocycles. The number of rotatable bonds is 38. The minimum Gasteiger partial charge on any atom is -0.691 e. The van der Waals surface area contributed by atoms with Crippen molar-refractivity contribution in [2.75, 3.05) is 6.61 Å². The Morgan fingerprint density at radius 3 is 1.71 bits per heavy atom. The van der Waals surface area contributed by atoms with E-state index in [0.29, 0.717) is 19.3 Å². The van der Waals surface area contributed by atoms with Gasteiger partial charge in [0.05, 0.1) is 13.0 Å². The fourth-order valence-corrected chi connectivity index (χ4v) is 8.62. The summed E-state index contributed by atoms with van der Waals surface area (Å²) in [6.45, 7) is 1.56. The SMILES string of the molecule is CCCCCCCCCCC[C@H](CC(=O)N[C@H]1C(O)O[C@H](CO)[C@@H](OSOO[O-])[C@@H]1OC(=O)CCCCCCCCc1ccccc1)OC(=O)CCCCCCCCc1ccccc1.[Na+]. The van der Waals surface area contributed by atoms with Gasteiger partial charge in [0, 0.05) is 12.8 Å². The predicted molar refractivity (Wildman–Crippen MR) is 246 cm³/mol. The number of unbranched alkanes of at least 4 members (excludes halogenated alkanes) is 18. The number of carbonyl (C=O) groups excluding carboxylic acids is 3. The second-order valence-corrected chi connectivity index (χ2v) is 17.7. The molecule has 6 atom stereocenters. The van der Waals surface area contributed by atoms with Crippen molar-refractivity contribution < 1.29 is 87.2 Å². The minimum absolute atomic E-state index is 0. The molecule has 15 heteroatoms. The van der Waals surface area contributed by atoms with Gasteiger partial charge in [-0.05, 0) is 62.5 Å². The summed E-state index contributed by atoms with van der Waals surface area (Å²) in [6, 6.07) is 19.5. The van der Waals surface area contributed by atoms with Crippen LogP contribution in [0.25, 0.3) is 0 Å². The Labute approximate surface area is 415 Å². The molecule has 1 unspecified atom stereocenters. The molecule has 0 bridgehead atoms. The molecule has 2 aromatic carbocycles. The van der Waals surface area contributed by atoms with Gasteiger partial charge < -0.3 is 35.0 Å². The summed E-state index contributed by atoms with van der Waals surface area (Å²) in [5.74, 6) is -1.50. The monoisotopic (exact) mass is 940 g/mol. The van der Waals surface area contributed by atoms with Gasteiger partial charge in [-0.2, -0.15) is 0 Å². The molecule has 1 heterocycles. The summed E-state index contributed by atoms with van der Waals surface area (Å²) >= 11 is 0.141. The van der Waals surface area contributed by atoms with Crippen LogP contribution in [-0.4, -0.2) is 71.4 Å². The summed E-state index contributed by atoms with van der Waals surface area (Å²) in [7, 11) is 0. The van der Waals surface area contributed by atoms with Crippen LogP contribution in [0.3, 0.4) is 0 Å². The smallest absolute Gasteiger partial charge is 0.691 e. The van der Waals surface area contributed by atoms with Crippen molar-refractivity contribution in [3.8, 4) is 0 Å². The molecule has 1 amide bonds. The van der Waals surface area contributed by atoms with Crippen LogP contribution in [0.2, 0.25) is 0 Å². The number of hydrogen-bond donors (Lipinski definition) is 3. The summed E-state index contributed by atoms with van der Waals surface area (Å²) in [4.78, 5) is 40.1. The molecule has 3 rings (SSSR count). The van der Waals surface area contributed by atoms with Crippen LogP contribution in [-0.2, 0) is 55.0 Å². The molecule has 1 fully saturated rings. The fourth-order valence-electron chi connectivity index (χ4n) is 8.24. The number of aliphatic hydroxyl groups excluding tert-OH is 2. The minimum atomic E-state index is -1.70. The van der Waals surface area contributed by atoms with Crippen LogP contribution in [0.5, 0.6) is 0 Å². The van der Waals surface area contributed by atoms with Crippen molar-refractivity contribution in [3.05, 3.63) is 71.8 Å². The number of benzene rings is 2. The zero-order valence-electron chi connectivity index (χ0n) is 39.4. The van der Waals surface area contributed by atoms with Gasteiger partial charge in [-0.3, -0.25) is 23.6 Å².